The summed E-state index contributed by atoms with van der Waals surface area (Å²) in [4.78, 5) is 11.3. The molecule has 0 spiro atoms. The quantitative estimate of drug-likeness (QED) is 0.312. The third kappa shape index (κ3) is 5.07. The molecular formula is C26H26N6O4S. The first kappa shape index (κ1) is 24.2. The molecule has 1 aromatic heterocycles. The van der Waals surface area contributed by atoms with Crippen molar-refractivity contribution in [2.45, 2.75) is 18.0 Å². The fourth-order valence-electron chi connectivity index (χ4n) is 3.95. The predicted molar refractivity (Wildman–Crippen MR) is 144 cm³/mol. The molecule has 11 heteroatoms. The maximum absolute atomic E-state index is 13.5. The van der Waals surface area contributed by atoms with Gasteiger partial charge in [-0.05, 0) is 37.3 Å². The molecule has 0 saturated heterocycles. The molecule has 190 valence electrons. The summed E-state index contributed by atoms with van der Waals surface area (Å²) < 4.78 is 40.3. The number of hydrogen-bond acceptors (Lipinski definition) is 9. The van der Waals surface area contributed by atoms with E-state index in [-0.39, 0.29) is 22.7 Å². The first-order chi connectivity index (χ1) is 17.9. The molecule has 4 aromatic rings. The van der Waals surface area contributed by atoms with Crippen molar-refractivity contribution < 1.29 is 17.9 Å². The van der Waals surface area contributed by atoms with E-state index in [2.05, 4.69) is 25.3 Å². The van der Waals surface area contributed by atoms with Gasteiger partial charge in [-0.1, -0.05) is 18.2 Å². The zero-order valence-corrected chi connectivity index (χ0v) is 21.3. The van der Waals surface area contributed by atoms with Gasteiger partial charge < -0.3 is 25.0 Å². The number of hydrogen-bond donors (Lipinski definition) is 3. The Kier molecular flexibility index (Phi) is 6.45. The second kappa shape index (κ2) is 9.86. The second-order valence-electron chi connectivity index (χ2n) is 8.30. The van der Waals surface area contributed by atoms with Crippen molar-refractivity contribution in [3.63, 3.8) is 0 Å². The van der Waals surface area contributed by atoms with E-state index in [0.717, 1.165) is 5.69 Å². The van der Waals surface area contributed by atoms with Crippen molar-refractivity contribution in [1.29, 1.82) is 0 Å². The van der Waals surface area contributed by atoms with Crippen molar-refractivity contribution >= 4 is 44.1 Å². The van der Waals surface area contributed by atoms with Crippen molar-refractivity contribution in [2.75, 3.05) is 29.2 Å². The Bertz CT molecular complexity index is 1570. The molecule has 1 aliphatic heterocycles. The van der Waals surface area contributed by atoms with Crippen LogP contribution in [0, 0.1) is 0 Å². The summed E-state index contributed by atoms with van der Waals surface area (Å²) in [6.07, 6.45) is 3.69. The normalized spacial score (nSPS) is 14.9. The highest BCUT2D eigenvalue weighted by Crippen LogP contribution is 2.32. The fraction of sp³-hybridized carbons (Fsp3) is 0.154. The van der Waals surface area contributed by atoms with Crippen molar-refractivity contribution in [2.24, 2.45) is 0 Å². The Balaban J connectivity index is 1.53. The van der Waals surface area contributed by atoms with Gasteiger partial charge in [0.1, 0.15) is 11.5 Å². The number of methoxy groups -OCH3 is 2. The van der Waals surface area contributed by atoms with Crippen LogP contribution in [0.2, 0.25) is 0 Å². The number of ether oxygens (including phenoxy) is 2. The van der Waals surface area contributed by atoms with Crippen LogP contribution in [0.5, 0.6) is 11.5 Å². The highest BCUT2D eigenvalue weighted by molar-refractivity contribution is 7.92. The van der Waals surface area contributed by atoms with E-state index in [9.17, 15) is 8.42 Å². The molecule has 1 atom stereocenters. The van der Waals surface area contributed by atoms with Gasteiger partial charge in [0.25, 0.3) is 10.0 Å². The molecule has 0 radical (unpaired) electrons. The molecule has 0 bridgehead atoms. The Hall–Kier alpha value is -4.51. The molecule has 0 saturated carbocycles. The smallest absolute Gasteiger partial charge is 0.263 e. The number of para-hydroxylation sites is 2. The highest BCUT2D eigenvalue weighted by atomic mass is 32.2. The number of nitrogens with one attached hydrogen (secondary N) is 3. The minimum Gasteiger partial charge on any atom is -0.497 e. The monoisotopic (exact) mass is 518 g/mol. The molecule has 37 heavy (non-hydrogen) atoms. The Morgan fingerprint density at radius 2 is 1.57 bits per heavy atom. The number of benzene rings is 3. The van der Waals surface area contributed by atoms with Crippen molar-refractivity contribution in [3.05, 3.63) is 79.1 Å². The largest absolute Gasteiger partial charge is 0.497 e. The number of anilines is 4. The van der Waals surface area contributed by atoms with Crippen LogP contribution >= 0.6 is 0 Å². The Labute approximate surface area is 215 Å². The van der Waals surface area contributed by atoms with Gasteiger partial charge in [0.15, 0.2) is 11.6 Å². The van der Waals surface area contributed by atoms with Crippen molar-refractivity contribution in [1.82, 2.24) is 15.3 Å². The van der Waals surface area contributed by atoms with Crippen LogP contribution in [0.4, 0.5) is 23.0 Å². The van der Waals surface area contributed by atoms with E-state index in [4.69, 9.17) is 9.47 Å². The number of fused-ring (bicyclic) bond motifs is 1. The predicted octanol–water partition coefficient (Wildman–Crippen LogP) is 4.42. The van der Waals surface area contributed by atoms with Crippen LogP contribution in [-0.2, 0) is 10.0 Å². The van der Waals surface area contributed by atoms with Gasteiger partial charge in [-0.2, -0.15) is 0 Å². The first-order valence-electron chi connectivity index (χ1n) is 11.5. The van der Waals surface area contributed by atoms with Gasteiger partial charge in [-0.3, -0.25) is 4.72 Å². The van der Waals surface area contributed by atoms with Crippen LogP contribution in [-0.4, -0.2) is 38.8 Å². The van der Waals surface area contributed by atoms with Gasteiger partial charge in [0.05, 0.1) is 36.3 Å². The third-order valence-electron chi connectivity index (χ3n) is 5.83. The van der Waals surface area contributed by atoms with E-state index in [1.165, 1.54) is 6.07 Å². The van der Waals surface area contributed by atoms with Crippen LogP contribution in [0.15, 0.2) is 84.0 Å². The summed E-state index contributed by atoms with van der Waals surface area (Å²) >= 11 is 0. The molecule has 0 amide bonds. The number of aromatic nitrogens is 2. The molecule has 10 nitrogen and oxygen atoms in total. The average molecular weight is 519 g/mol. The summed E-state index contributed by atoms with van der Waals surface area (Å²) in [7, 11) is -0.900. The number of sulfonamides is 1. The summed E-state index contributed by atoms with van der Waals surface area (Å²) in [5.41, 5.74) is 2.48. The minimum absolute atomic E-state index is 0.00734. The lowest BCUT2D eigenvalue weighted by Gasteiger charge is -2.22. The summed E-state index contributed by atoms with van der Waals surface area (Å²) in [6, 6.07) is 19.2. The summed E-state index contributed by atoms with van der Waals surface area (Å²) in [5, 5.41) is 6.33. The number of nitrogens with zero attached hydrogens (tertiary/aromatic N) is 3. The van der Waals surface area contributed by atoms with Crippen LogP contribution in [0.1, 0.15) is 6.92 Å². The van der Waals surface area contributed by atoms with Crippen LogP contribution < -0.4 is 29.7 Å². The number of rotatable bonds is 8. The lowest BCUT2D eigenvalue weighted by atomic mass is 10.2. The highest BCUT2D eigenvalue weighted by Gasteiger charge is 2.22. The molecule has 0 aliphatic carbocycles. The molecule has 0 fully saturated rings. The second-order valence-corrected chi connectivity index (χ2v) is 9.99. The van der Waals surface area contributed by atoms with Gasteiger partial charge in [-0.25, -0.2) is 18.4 Å². The van der Waals surface area contributed by atoms with E-state index in [1.54, 1.807) is 56.7 Å². The maximum atomic E-state index is 13.5. The van der Waals surface area contributed by atoms with Gasteiger partial charge in [0.2, 0.25) is 0 Å². The Morgan fingerprint density at radius 1 is 0.892 bits per heavy atom. The molecule has 1 aliphatic rings. The third-order valence-corrected chi connectivity index (χ3v) is 7.17. The van der Waals surface area contributed by atoms with Gasteiger partial charge in [0, 0.05) is 42.0 Å². The standard InChI is InChI=1S/C26H26N6O4S/c1-17-27-11-12-32(17)19-7-6-8-22(15-19)37(33,34)31-26-25(29-23-9-4-5-10-24(23)30-26)28-18-13-20(35-2)16-21(14-18)36-3/h4-17,27H,1-3H3,(H,28,29)(H,30,31). The summed E-state index contributed by atoms with van der Waals surface area (Å²) in [6.45, 7) is 1.98. The topological polar surface area (TPSA) is 118 Å². The molecular weight excluding hydrogens is 492 g/mol. The van der Waals surface area contributed by atoms with Crippen LogP contribution in [0.3, 0.4) is 0 Å². The van der Waals surface area contributed by atoms with E-state index < -0.39 is 10.0 Å². The fourth-order valence-corrected chi connectivity index (χ4v) is 5.00. The average Bonchev–Trinajstić information content (AvgIpc) is 3.34. The maximum Gasteiger partial charge on any atom is 0.263 e. The zero-order chi connectivity index (χ0) is 26.0. The molecule has 5 rings (SSSR count). The molecule has 2 heterocycles. The van der Waals surface area contributed by atoms with Gasteiger partial charge in [-0.15, -0.1) is 0 Å². The molecule has 3 N–H and O–H groups in total. The minimum atomic E-state index is -4.00. The Morgan fingerprint density at radius 3 is 2.19 bits per heavy atom. The van der Waals surface area contributed by atoms with Crippen LogP contribution in [0.25, 0.3) is 11.0 Å². The van der Waals surface area contributed by atoms with Crippen molar-refractivity contribution in [3.8, 4) is 11.5 Å². The zero-order valence-electron chi connectivity index (χ0n) is 20.5. The molecule has 3 aromatic carbocycles. The SMILES string of the molecule is COc1cc(Nc2nc3ccccc3nc2NS(=O)(=O)c2cccc(N3C=CNC3C)c2)cc(OC)c1. The van der Waals surface area contributed by atoms with E-state index in [0.29, 0.717) is 28.2 Å². The summed E-state index contributed by atoms with van der Waals surface area (Å²) in [5.74, 6) is 1.42. The van der Waals surface area contributed by atoms with E-state index in [1.807, 2.05) is 42.4 Å². The molecule has 1 unspecified atom stereocenters. The van der Waals surface area contributed by atoms with E-state index >= 15 is 0 Å². The lowest BCUT2D eigenvalue weighted by Crippen LogP contribution is -2.31. The first-order valence-corrected chi connectivity index (χ1v) is 13.0. The van der Waals surface area contributed by atoms with Gasteiger partial charge >= 0.3 is 0 Å². The lowest BCUT2D eigenvalue weighted by molar-refractivity contribution is 0.395.